The van der Waals surface area contributed by atoms with Crippen LogP contribution in [0.5, 0.6) is 11.5 Å². The van der Waals surface area contributed by atoms with E-state index >= 15 is 0 Å². The molecular formula is C36H35N3O7S. The fourth-order valence-electron chi connectivity index (χ4n) is 5.32. The highest BCUT2D eigenvalue weighted by molar-refractivity contribution is 7.07. The van der Waals surface area contributed by atoms with Gasteiger partial charge in [-0.1, -0.05) is 41.7 Å². The predicted octanol–water partition coefficient (Wildman–Crippen LogP) is 5.80. The molecule has 10 nitrogen and oxygen atoms in total. The van der Waals surface area contributed by atoms with E-state index in [4.69, 9.17) is 14.2 Å². The summed E-state index contributed by atoms with van der Waals surface area (Å²) in [7, 11) is 0. The Hall–Kier alpha value is -5.29. The second-order valence-corrected chi connectivity index (χ2v) is 12.1. The van der Waals surface area contributed by atoms with Crippen molar-refractivity contribution in [3.8, 4) is 11.5 Å². The largest absolute Gasteiger partial charge is 0.491 e. The highest BCUT2D eigenvalue weighted by Crippen LogP contribution is 2.36. The van der Waals surface area contributed by atoms with Crippen molar-refractivity contribution in [2.75, 3.05) is 6.61 Å². The number of benzene rings is 3. The van der Waals surface area contributed by atoms with Gasteiger partial charge in [-0.25, -0.2) is 9.79 Å². The number of nitro benzene ring substituents is 1. The number of carbonyl (C=O) groups is 1. The van der Waals surface area contributed by atoms with E-state index < -0.39 is 16.9 Å². The predicted molar refractivity (Wildman–Crippen MR) is 180 cm³/mol. The maximum atomic E-state index is 14.2. The Bertz CT molecular complexity index is 2040. The SMILES string of the molecule is C=CCc1cc(/C=c2/sc3n(c2=O)[C@@H](c2ccccc2OC(C)C)C(C(=O)OCC)=C(C)N=3)ccc1OCc1ccc([N+](=O)[O-])cc1. The quantitative estimate of drug-likeness (QED) is 0.0820. The van der Waals surface area contributed by atoms with Crippen molar-refractivity contribution in [2.45, 2.75) is 52.9 Å². The van der Waals surface area contributed by atoms with Crippen LogP contribution >= 0.6 is 11.3 Å². The number of fused-ring (bicyclic) bond motifs is 1. The summed E-state index contributed by atoms with van der Waals surface area (Å²) in [5.41, 5.74) is 3.57. The first-order valence-electron chi connectivity index (χ1n) is 15.2. The van der Waals surface area contributed by atoms with Crippen molar-refractivity contribution in [3.05, 3.63) is 143 Å². The van der Waals surface area contributed by atoms with Gasteiger partial charge in [0.15, 0.2) is 4.80 Å². The second-order valence-electron chi connectivity index (χ2n) is 11.1. The minimum absolute atomic E-state index is 0.0161. The molecule has 1 atom stereocenters. The van der Waals surface area contributed by atoms with Crippen LogP contribution in [-0.2, 0) is 22.6 Å². The molecule has 0 N–H and O–H groups in total. The molecule has 5 rings (SSSR count). The lowest BCUT2D eigenvalue weighted by molar-refractivity contribution is -0.384. The molecule has 0 aliphatic carbocycles. The first kappa shape index (κ1) is 33.1. The molecule has 0 bridgehead atoms. The molecular weight excluding hydrogens is 618 g/mol. The number of non-ortho nitro benzene ring substituents is 1. The van der Waals surface area contributed by atoms with Gasteiger partial charge in [0, 0.05) is 17.7 Å². The highest BCUT2D eigenvalue weighted by atomic mass is 32.1. The summed E-state index contributed by atoms with van der Waals surface area (Å²) in [5.74, 6) is 0.668. The van der Waals surface area contributed by atoms with Crippen LogP contribution in [0.15, 0.2) is 100 Å². The molecule has 1 aliphatic heterocycles. The van der Waals surface area contributed by atoms with Crippen molar-refractivity contribution in [1.29, 1.82) is 0 Å². The third kappa shape index (κ3) is 7.25. The third-order valence-corrected chi connectivity index (χ3v) is 8.36. The Labute approximate surface area is 275 Å². The molecule has 0 saturated carbocycles. The first-order chi connectivity index (χ1) is 22.6. The molecule has 1 aromatic heterocycles. The van der Waals surface area contributed by atoms with Crippen LogP contribution in [0, 0.1) is 10.1 Å². The second kappa shape index (κ2) is 14.4. The number of rotatable bonds is 12. The van der Waals surface area contributed by atoms with Gasteiger partial charge >= 0.3 is 5.97 Å². The van der Waals surface area contributed by atoms with E-state index in [1.807, 2.05) is 56.3 Å². The van der Waals surface area contributed by atoms with E-state index in [9.17, 15) is 19.7 Å². The first-order valence-corrected chi connectivity index (χ1v) is 16.0. The van der Waals surface area contributed by atoms with Crippen LogP contribution in [0.25, 0.3) is 6.08 Å². The van der Waals surface area contributed by atoms with Crippen LogP contribution in [-0.4, -0.2) is 28.2 Å². The molecule has 1 aliphatic rings. The zero-order valence-corrected chi connectivity index (χ0v) is 27.4. The summed E-state index contributed by atoms with van der Waals surface area (Å²) >= 11 is 1.24. The number of ether oxygens (including phenoxy) is 3. The van der Waals surface area contributed by atoms with Crippen molar-refractivity contribution >= 4 is 29.1 Å². The number of carbonyl (C=O) groups excluding carboxylic acids is 1. The topological polar surface area (TPSA) is 122 Å². The Morgan fingerprint density at radius 1 is 1.13 bits per heavy atom. The van der Waals surface area contributed by atoms with E-state index in [0.29, 0.717) is 38.5 Å². The smallest absolute Gasteiger partial charge is 0.338 e. The van der Waals surface area contributed by atoms with Gasteiger partial charge in [0.25, 0.3) is 11.2 Å². The normalized spacial score (nSPS) is 14.4. The molecule has 2 heterocycles. The summed E-state index contributed by atoms with van der Waals surface area (Å²) in [5, 5.41) is 11.0. The van der Waals surface area contributed by atoms with E-state index in [2.05, 4.69) is 11.6 Å². The van der Waals surface area contributed by atoms with Gasteiger partial charge in [0.2, 0.25) is 0 Å². The van der Waals surface area contributed by atoms with Gasteiger partial charge in [-0.05, 0) is 87.2 Å². The molecule has 0 spiro atoms. The molecule has 0 fully saturated rings. The fraction of sp³-hybridized carbons (Fsp3) is 0.250. The van der Waals surface area contributed by atoms with E-state index in [1.54, 1.807) is 42.7 Å². The highest BCUT2D eigenvalue weighted by Gasteiger charge is 2.35. The minimum Gasteiger partial charge on any atom is -0.491 e. The van der Waals surface area contributed by atoms with Crippen molar-refractivity contribution in [2.24, 2.45) is 4.99 Å². The summed E-state index contributed by atoms with van der Waals surface area (Å²) in [6.45, 7) is 11.6. The number of nitrogens with zero attached hydrogens (tertiary/aromatic N) is 3. The third-order valence-electron chi connectivity index (χ3n) is 7.38. The lowest BCUT2D eigenvalue weighted by Gasteiger charge is -2.26. The number of nitro groups is 1. The summed E-state index contributed by atoms with van der Waals surface area (Å²) < 4.78 is 19.6. The van der Waals surface area contributed by atoms with E-state index in [-0.39, 0.29) is 36.1 Å². The Balaban J connectivity index is 1.55. The van der Waals surface area contributed by atoms with Crippen molar-refractivity contribution in [1.82, 2.24) is 4.57 Å². The molecule has 0 unspecified atom stereocenters. The van der Waals surface area contributed by atoms with Gasteiger partial charge in [0.05, 0.1) is 33.4 Å². The number of esters is 1. The van der Waals surface area contributed by atoms with E-state index in [1.165, 1.54) is 23.5 Å². The minimum atomic E-state index is -0.797. The van der Waals surface area contributed by atoms with Gasteiger partial charge < -0.3 is 14.2 Å². The van der Waals surface area contributed by atoms with Crippen LogP contribution in [0.3, 0.4) is 0 Å². The summed E-state index contributed by atoms with van der Waals surface area (Å²) in [6.07, 6.45) is 3.96. The number of para-hydroxylation sites is 1. The summed E-state index contributed by atoms with van der Waals surface area (Å²) in [6, 6.07) is 18.4. The van der Waals surface area contributed by atoms with Crippen LogP contribution in [0.1, 0.15) is 56.0 Å². The Kier molecular flexibility index (Phi) is 10.2. The lowest BCUT2D eigenvalue weighted by Crippen LogP contribution is -2.40. The molecule has 0 amide bonds. The molecule has 0 saturated heterocycles. The number of aromatic nitrogens is 1. The van der Waals surface area contributed by atoms with Crippen LogP contribution < -0.4 is 24.4 Å². The van der Waals surface area contributed by atoms with Crippen LogP contribution in [0.2, 0.25) is 0 Å². The molecule has 11 heteroatoms. The molecule has 0 radical (unpaired) electrons. The average Bonchev–Trinajstić information content (AvgIpc) is 3.34. The van der Waals surface area contributed by atoms with Gasteiger partial charge in [-0.3, -0.25) is 19.5 Å². The maximum Gasteiger partial charge on any atom is 0.338 e. The van der Waals surface area contributed by atoms with Gasteiger partial charge in [0.1, 0.15) is 24.1 Å². The van der Waals surface area contributed by atoms with E-state index in [0.717, 1.165) is 16.7 Å². The van der Waals surface area contributed by atoms with Crippen molar-refractivity contribution < 1.29 is 23.9 Å². The number of hydrogen-bond donors (Lipinski definition) is 0. The molecule has 4 aromatic rings. The lowest BCUT2D eigenvalue weighted by atomic mass is 9.95. The average molecular weight is 654 g/mol. The van der Waals surface area contributed by atoms with Gasteiger partial charge in [-0.15, -0.1) is 6.58 Å². The fourth-order valence-corrected chi connectivity index (χ4v) is 6.37. The van der Waals surface area contributed by atoms with Crippen molar-refractivity contribution in [3.63, 3.8) is 0 Å². The maximum absolute atomic E-state index is 14.2. The monoisotopic (exact) mass is 653 g/mol. The Morgan fingerprint density at radius 2 is 1.87 bits per heavy atom. The number of allylic oxidation sites excluding steroid dienone is 2. The standard InChI is InChI=1S/C36H35N3O7S/c1-6-10-26-19-25(15-18-29(26)45-21-24-13-16-27(17-14-24)39(42)43)20-31-34(40)38-33(28-11-8-9-12-30(28)46-22(3)4)32(35(41)44-7-2)23(5)37-36(38)47-31/h6,8-9,11-20,22,33H,1,7,10,21H2,2-5H3/b31-20+/t33-/m0/s1. The van der Waals surface area contributed by atoms with Gasteiger partial charge in [-0.2, -0.15) is 0 Å². The zero-order chi connectivity index (χ0) is 33.7. The zero-order valence-electron chi connectivity index (χ0n) is 26.6. The summed E-state index contributed by atoms with van der Waals surface area (Å²) in [4.78, 5) is 43.1. The Morgan fingerprint density at radius 3 is 2.55 bits per heavy atom. The molecule has 242 valence electrons. The molecule has 3 aromatic carbocycles. The molecule has 47 heavy (non-hydrogen) atoms. The number of hydrogen-bond acceptors (Lipinski definition) is 9. The van der Waals surface area contributed by atoms with Crippen LogP contribution in [0.4, 0.5) is 5.69 Å². The number of thiazole rings is 1.